The van der Waals surface area contributed by atoms with E-state index in [4.69, 9.17) is 17.0 Å². The monoisotopic (exact) mass is 391 g/mol. The van der Waals surface area contributed by atoms with E-state index in [9.17, 15) is 9.59 Å². The predicted molar refractivity (Wildman–Crippen MR) is 104 cm³/mol. The van der Waals surface area contributed by atoms with E-state index in [1.54, 1.807) is 42.8 Å². The van der Waals surface area contributed by atoms with Crippen LogP contribution in [-0.4, -0.2) is 28.2 Å². The second-order valence-electron chi connectivity index (χ2n) is 4.96. The molecule has 128 valence electrons. The Morgan fingerprint density at radius 2 is 2.08 bits per heavy atom. The molecule has 1 aromatic carbocycles. The van der Waals surface area contributed by atoms with Crippen LogP contribution in [0, 0.1) is 0 Å². The van der Waals surface area contributed by atoms with Crippen molar-refractivity contribution < 1.29 is 14.3 Å². The SMILES string of the molecule is COc1ccc(N(C(C)=O)c2nc(/C=C3/SC(=S)NC3=O)cs2)cc1. The molecule has 2 amide bonds. The van der Waals surface area contributed by atoms with Gasteiger partial charge in [0.05, 0.1) is 23.4 Å². The lowest BCUT2D eigenvalue weighted by molar-refractivity contribution is -0.116. The van der Waals surface area contributed by atoms with E-state index in [0.29, 0.717) is 31.5 Å². The molecule has 2 aromatic rings. The zero-order valence-corrected chi connectivity index (χ0v) is 15.8. The van der Waals surface area contributed by atoms with Crippen LogP contribution in [0.3, 0.4) is 0 Å². The number of nitrogens with one attached hydrogen (secondary N) is 1. The van der Waals surface area contributed by atoms with Gasteiger partial charge < -0.3 is 10.1 Å². The Kier molecular flexibility index (Phi) is 5.16. The van der Waals surface area contributed by atoms with Crippen molar-refractivity contribution in [1.29, 1.82) is 0 Å². The average molecular weight is 391 g/mol. The number of carbonyl (C=O) groups excluding carboxylic acids is 2. The summed E-state index contributed by atoms with van der Waals surface area (Å²) in [5.41, 5.74) is 1.29. The second kappa shape index (κ2) is 7.34. The molecule has 0 spiro atoms. The van der Waals surface area contributed by atoms with Crippen molar-refractivity contribution in [2.24, 2.45) is 0 Å². The number of methoxy groups -OCH3 is 1. The summed E-state index contributed by atoms with van der Waals surface area (Å²) in [6.45, 7) is 1.47. The van der Waals surface area contributed by atoms with Gasteiger partial charge in [-0.25, -0.2) is 4.98 Å². The third kappa shape index (κ3) is 3.89. The molecule has 3 rings (SSSR count). The van der Waals surface area contributed by atoms with E-state index in [1.807, 2.05) is 0 Å². The van der Waals surface area contributed by atoms with Gasteiger partial charge in [0, 0.05) is 12.3 Å². The fourth-order valence-corrected chi connectivity index (χ4v) is 4.03. The highest BCUT2D eigenvalue weighted by atomic mass is 32.2. The van der Waals surface area contributed by atoms with Crippen molar-refractivity contribution in [3.63, 3.8) is 0 Å². The lowest BCUT2D eigenvalue weighted by Crippen LogP contribution is -2.22. The van der Waals surface area contributed by atoms with Crippen LogP contribution >= 0.6 is 35.3 Å². The number of hydrogen-bond acceptors (Lipinski definition) is 7. The van der Waals surface area contributed by atoms with Gasteiger partial charge in [-0.15, -0.1) is 11.3 Å². The Bertz CT molecular complexity index is 874. The number of aromatic nitrogens is 1. The predicted octanol–water partition coefficient (Wildman–Crippen LogP) is 3.33. The molecule has 1 aliphatic rings. The van der Waals surface area contributed by atoms with Crippen LogP contribution in [0.2, 0.25) is 0 Å². The Balaban J connectivity index is 1.89. The minimum absolute atomic E-state index is 0.159. The van der Waals surface area contributed by atoms with Gasteiger partial charge in [-0.1, -0.05) is 24.0 Å². The Hall–Kier alpha value is -2.23. The first-order chi connectivity index (χ1) is 12.0. The minimum Gasteiger partial charge on any atom is -0.497 e. The summed E-state index contributed by atoms with van der Waals surface area (Å²) in [5.74, 6) is 0.313. The van der Waals surface area contributed by atoms with Crippen molar-refractivity contribution in [2.45, 2.75) is 6.92 Å². The van der Waals surface area contributed by atoms with Crippen LogP contribution in [0.5, 0.6) is 5.75 Å². The number of anilines is 2. The standard InChI is InChI=1S/C16H13N3O3S3/c1-9(20)19(11-3-5-12(22-2)6-4-11)15-17-10(8-24-15)7-13-14(21)18-16(23)25-13/h3-8H,1-2H3,(H,18,21,23)/b13-7+. The second-order valence-corrected chi connectivity index (χ2v) is 7.52. The third-order valence-electron chi connectivity index (χ3n) is 3.27. The number of thioether (sulfide) groups is 1. The molecule has 0 atom stereocenters. The average Bonchev–Trinajstić information content (AvgIpc) is 3.15. The Morgan fingerprint density at radius 1 is 1.36 bits per heavy atom. The summed E-state index contributed by atoms with van der Waals surface area (Å²) in [6, 6.07) is 7.14. The highest BCUT2D eigenvalue weighted by Gasteiger charge is 2.23. The number of amides is 2. The van der Waals surface area contributed by atoms with Crippen molar-refractivity contribution in [3.8, 4) is 5.75 Å². The number of rotatable bonds is 4. The summed E-state index contributed by atoms with van der Waals surface area (Å²) in [4.78, 5) is 30.3. The summed E-state index contributed by atoms with van der Waals surface area (Å²) < 4.78 is 5.56. The molecule has 0 radical (unpaired) electrons. The van der Waals surface area contributed by atoms with Crippen molar-refractivity contribution in [1.82, 2.24) is 10.3 Å². The van der Waals surface area contributed by atoms with Crippen LogP contribution in [0.1, 0.15) is 12.6 Å². The van der Waals surface area contributed by atoms with E-state index in [0.717, 1.165) is 0 Å². The van der Waals surface area contributed by atoms with E-state index in [-0.39, 0.29) is 11.8 Å². The molecule has 25 heavy (non-hydrogen) atoms. The van der Waals surface area contributed by atoms with E-state index in [2.05, 4.69) is 10.3 Å². The maximum absolute atomic E-state index is 12.1. The summed E-state index contributed by atoms with van der Waals surface area (Å²) in [5, 5.41) is 4.87. The van der Waals surface area contributed by atoms with Gasteiger partial charge in [0.2, 0.25) is 5.91 Å². The first-order valence-corrected chi connectivity index (χ1v) is 9.23. The number of ether oxygens (including phenoxy) is 1. The first kappa shape index (κ1) is 17.6. The van der Waals surface area contributed by atoms with Crippen LogP contribution in [0.25, 0.3) is 6.08 Å². The molecule has 9 heteroatoms. The summed E-state index contributed by atoms with van der Waals surface area (Å²) >= 11 is 7.48. The topological polar surface area (TPSA) is 71.5 Å². The molecule has 1 N–H and O–H groups in total. The largest absolute Gasteiger partial charge is 0.497 e. The van der Waals surface area contributed by atoms with E-state index in [1.165, 1.54) is 34.9 Å². The number of hydrogen-bond donors (Lipinski definition) is 1. The minimum atomic E-state index is -0.233. The zero-order chi connectivity index (χ0) is 18.0. The summed E-state index contributed by atoms with van der Waals surface area (Å²) in [6.07, 6.45) is 1.66. The van der Waals surface area contributed by atoms with Gasteiger partial charge in [0.15, 0.2) is 5.13 Å². The number of benzene rings is 1. The fraction of sp³-hybridized carbons (Fsp3) is 0.125. The van der Waals surface area contributed by atoms with Crippen LogP contribution in [0.4, 0.5) is 10.8 Å². The molecule has 1 aliphatic heterocycles. The molecule has 1 fully saturated rings. The van der Waals surface area contributed by atoms with Crippen LogP contribution < -0.4 is 15.0 Å². The maximum atomic E-state index is 12.1. The smallest absolute Gasteiger partial charge is 0.263 e. The normalized spacial score (nSPS) is 15.4. The molecule has 1 saturated heterocycles. The van der Waals surface area contributed by atoms with E-state index >= 15 is 0 Å². The highest BCUT2D eigenvalue weighted by molar-refractivity contribution is 8.26. The number of thiazole rings is 1. The van der Waals surface area contributed by atoms with Gasteiger partial charge in [-0.2, -0.15) is 0 Å². The van der Waals surface area contributed by atoms with Crippen molar-refractivity contribution in [2.75, 3.05) is 12.0 Å². The van der Waals surface area contributed by atoms with Gasteiger partial charge in [0.25, 0.3) is 5.91 Å². The molecule has 2 heterocycles. The molecule has 0 saturated carbocycles. The molecule has 0 unspecified atom stereocenters. The molecule has 0 bridgehead atoms. The number of carbonyl (C=O) groups is 2. The van der Waals surface area contributed by atoms with E-state index < -0.39 is 0 Å². The van der Waals surface area contributed by atoms with Gasteiger partial charge >= 0.3 is 0 Å². The number of thiocarbonyl (C=S) groups is 1. The molecule has 0 aliphatic carbocycles. The lowest BCUT2D eigenvalue weighted by Gasteiger charge is -2.18. The molecule has 6 nitrogen and oxygen atoms in total. The Morgan fingerprint density at radius 3 is 2.64 bits per heavy atom. The van der Waals surface area contributed by atoms with Crippen LogP contribution in [-0.2, 0) is 9.59 Å². The van der Waals surface area contributed by atoms with Crippen molar-refractivity contribution in [3.05, 3.63) is 40.2 Å². The fourth-order valence-electron chi connectivity index (χ4n) is 2.16. The Labute approximate surface area is 157 Å². The molecule has 1 aromatic heterocycles. The van der Waals surface area contributed by atoms with Crippen molar-refractivity contribution >= 4 is 68.3 Å². The third-order valence-corrected chi connectivity index (χ3v) is 5.27. The quantitative estimate of drug-likeness (QED) is 0.637. The molecular weight excluding hydrogens is 378 g/mol. The maximum Gasteiger partial charge on any atom is 0.263 e. The van der Waals surface area contributed by atoms with Gasteiger partial charge in [-0.05, 0) is 30.3 Å². The highest BCUT2D eigenvalue weighted by Crippen LogP contribution is 2.32. The molecular formula is C16H13N3O3S3. The summed E-state index contributed by atoms with van der Waals surface area (Å²) in [7, 11) is 1.58. The lowest BCUT2D eigenvalue weighted by atomic mass is 10.3. The van der Waals surface area contributed by atoms with Gasteiger partial charge in [-0.3, -0.25) is 14.5 Å². The van der Waals surface area contributed by atoms with Crippen LogP contribution in [0.15, 0.2) is 34.6 Å². The zero-order valence-electron chi connectivity index (χ0n) is 13.3. The number of nitrogens with zero attached hydrogens (tertiary/aromatic N) is 2. The van der Waals surface area contributed by atoms with Gasteiger partial charge in [0.1, 0.15) is 10.1 Å². The first-order valence-electron chi connectivity index (χ1n) is 7.13.